The number of para-hydroxylation sites is 1. The monoisotopic (exact) mass is 343 g/mol. The molecule has 25 heavy (non-hydrogen) atoms. The number of anilines is 1. The van der Waals surface area contributed by atoms with Crippen molar-refractivity contribution < 1.29 is 14.0 Å². The van der Waals surface area contributed by atoms with Gasteiger partial charge in [0.2, 0.25) is 11.8 Å². The second kappa shape index (κ2) is 9.54. The average molecular weight is 343 g/mol. The zero-order chi connectivity index (χ0) is 18.1. The first kappa shape index (κ1) is 18.6. The minimum absolute atomic E-state index is 0.125. The van der Waals surface area contributed by atoms with Crippen LogP contribution < -0.4 is 10.6 Å². The van der Waals surface area contributed by atoms with Crippen molar-refractivity contribution >= 4 is 17.5 Å². The van der Waals surface area contributed by atoms with Crippen LogP contribution in [-0.2, 0) is 16.1 Å². The van der Waals surface area contributed by atoms with Crippen molar-refractivity contribution in [3.8, 4) is 0 Å². The second-order valence-corrected chi connectivity index (χ2v) is 5.62. The maximum Gasteiger partial charge on any atom is 0.238 e. The third kappa shape index (κ3) is 6.73. The van der Waals surface area contributed by atoms with Gasteiger partial charge in [0.15, 0.2) is 0 Å². The fourth-order valence-corrected chi connectivity index (χ4v) is 2.27. The molecule has 0 aliphatic carbocycles. The third-order valence-electron chi connectivity index (χ3n) is 3.64. The Labute approximate surface area is 146 Å². The molecule has 0 spiro atoms. The van der Waals surface area contributed by atoms with E-state index in [-0.39, 0.29) is 30.7 Å². The average Bonchev–Trinajstić information content (AvgIpc) is 2.61. The van der Waals surface area contributed by atoms with Crippen LogP contribution in [0.2, 0.25) is 0 Å². The molecule has 0 aliphatic heterocycles. The second-order valence-electron chi connectivity index (χ2n) is 5.62. The number of hydrogen-bond acceptors (Lipinski definition) is 3. The van der Waals surface area contributed by atoms with E-state index in [1.54, 1.807) is 17.0 Å². The van der Waals surface area contributed by atoms with Crippen LogP contribution >= 0.6 is 0 Å². The molecule has 0 heterocycles. The van der Waals surface area contributed by atoms with E-state index in [0.717, 1.165) is 11.3 Å². The molecule has 0 atom stereocenters. The quantitative estimate of drug-likeness (QED) is 0.774. The summed E-state index contributed by atoms with van der Waals surface area (Å²) in [7, 11) is 0. The van der Waals surface area contributed by atoms with Crippen LogP contribution in [0.3, 0.4) is 0 Å². The summed E-state index contributed by atoms with van der Waals surface area (Å²) in [5, 5.41) is 5.57. The summed E-state index contributed by atoms with van der Waals surface area (Å²) in [5.41, 5.74) is 1.55. The van der Waals surface area contributed by atoms with Crippen LogP contribution in [-0.4, -0.2) is 36.3 Å². The van der Waals surface area contributed by atoms with Gasteiger partial charge in [-0.05, 0) is 36.4 Å². The van der Waals surface area contributed by atoms with Crippen LogP contribution in [0.4, 0.5) is 10.1 Å². The molecule has 0 aliphatic rings. The molecule has 0 bridgehead atoms. The summed E-state index contributed by atoms with van der Waals surface area (Å²) in [6.07, 6.45) is 0. The molecule has 132 valence electrons. The lowest BCUT2D eigenvalue weighted by molar-refractivity contribution is -0.123. The van der Waals surface area contributed by atoms with Crippen molar-refractivity contribution in [2.24, 2.45) is 0 Å². The molecular weight excluding hydrogens is 321 g/mol. The van der Waals surface area contributed by atoms with E-state index in [1.807, 2.05) is 37.3 Å². The number of nitrogens with one attached hydrogen (secondary N) is 2. The zero-order valence-electron chi connectivity index (χ0n) is 14.2. The van der Waals surface area contributed by atoms with Crippen molar-refractivity contribution in [2.75, 3.05) is 25.0 Å². The molecule has 0 radical (unpaired) electrons. The minimum atomic E-state index is -0.309. The highest BCUT2D eigenvalue weighted by molar-refractivity contribution is 5.92. The summed E-state index contributed by atoms with van der Waals surface area (Å²) in [6, 6.07) is 15.1. The van der Waals surface area contributed by atoms with E-state index in [1.165, 1.54) is 12.1 Å². The van der Waals surface area contributed by atoms with Crippen molar-refractivity contribution in [3.05, 3.63) is 66.0 Å². The number of hydrogen-bond donors (Lipinski definition) is 2. The normalized spacial score (nSPS) is 10.5. The van der Waals surface area contributed by atoms with Crippen LogP contribution in [0.5, 0.6) is 0 Å². The van der Waals surface area contributed by atoms with E-state index >= 15 is 0 Å². The van der Waals surface area contributed by atoms with Gasteiger partial charge >= 0.3 is 0 Å². The Morgan fingerprint density at radius 3 is 2.24 bits per heavy atom. The summed E-state index contributed by atoms with van der Waals surface area (Å²) in [6.45, 7) is 3.05. The van der Waals surface area contributed by atoms with E-state index < -0.39 is 0 Å². The Kier molecular flexibility index (Phi) is 7.10. The molecule has 0 fully saturated rings. The Hall–Kier alpha value is -2.73. The Morgan fingerprint density at radius 2 is 1.60 bits per heavy atom. The lowest BCUT2D eigenvalue weighted by Crippen LogP contribution is -2.40. The molecule has 0 aromatic heterocycles. The smallest absolute Gasteiger partial charge is 0.238 e. The number of rotatable bonds is 8. The minimum Gasteiger partial charge on any atom is -0.351 e. The number of likely N-dealkylation sites (N-methyl/N-ethyl adjacent to an activating group) is 1. The Bertz CT molecular complexity index is 690. The van der Waals surface area contributed by atoms with Crippen molar-refractivity contribution in [2.45, 2.75) is 13.5 Å². The maximum atomic E-state index is 12.8. The fourth-order valence-electron chi connectivity index (χ4n) is 2.27. The zero-order valence-corrected chi connectivity index (χ0v) is 14.2. The highest BCUT2D eigenvalue weighted by atomic mass is 19.1. The number of amides is 2. The molecule has 0 saturated carbocycles. The van der Waals surface area contributed by atoms with E-state index in [4.69, 9.17) is 0 Å². The number of benzene rings is 2. The molecule has 0 unspecified atom stereocenters. The van der Waals surface area contributed by atoms with Crippen molar-refractivity contribution in [3.63, 3.8) is 0 Å². The summed E-state index contributed by atoms with van der Waals surface area (Å²) >= 11 is 0. The first-order valence-corrected chi connectivity index (χ1v) is 8.15. The molecule has 2 rings (SSSR count). The topological polar surface area (TPSA) is 61.4 Å². The molecule has 2 amide bonds. The van der Waals surface area contributed by atoms with Gasteiger partial charge in [-0.3, -0.25) is 14.5 Å². The summed E-state index contributed by atoms with van der Waals surface area (Å²) < 4.78 is 12.8. The van der Waals surface area contributed by atoms with Crippen molar-refractivity contribution in [1.29, 1.82) is 0 Å². The van der Waals surface area contributed by atoms with Crippen molar-refractivity contribution in [1.82, 2.24) is 10.2 Å². The summed E-state index contributed by atoms with van der Waals surface area (Å²) in [4.78, 5) is 25.8. The molecule has 2 aromatic rings. The Balaban J connectivity index is 1.77. The summed E-state index contributed by atoms with van der Waals surface area (Å²) in [5.74, 6) is -0.658. The molecule has 2 aromatic carbocycles. The van der Waals surface area contributed by atoms with Crippen LogP contribution in [0.15, 0.2) is 54.6 Å². The van der Waals surface area contributed by atoms with Crippen LogP contribution in [0, 0.1) is 5.82 Å². The van der Waals surface area contributed by atoms with Gasteiger partial charge in [-0.2, -0.15) is 0 Å². The molecule has 5 nitrogen and oxygen atoms in total. The van der Waals surface area contributed by atoms with Gasteiger partial charge in [0.05, 0.1) is 13.1 Å². The largest absolute Gasteiger partial charge is 0.351 e. The molecule has 0 saturated heterocycles. The predicted octanol–water partition coefficient (Wildman–Crippen LogP) is 2.40. The van der Waals surface area contributed by atoms with Gasteiger partial charge in [0.25, 0.3) is 0 Å². The number of halogens is 1. The van der Waals surface area contributed by atoms with Gasteiger partial charge in [0.1, 0.15) is 5.82 Å². The molecule has 6 heteroatoms. The number of carbonyl (C=O) groups excluding carboxylic acids is 2. The standard InChI is InChI=1S/C19H22FN3O2/c1-2-23(14-19(25)22-17-6-4-3-5-7-17)13-18(24)21-12-15-8-10-16(20)11-9-15/h3-11H,2,12-14H2,1H3,(H,21,24)(H,22,25). The third-order valence-corrected chi connectivity index (χ3v) is 3.64. The van der Waals surface area contributed by atoms with Crippen LogP contribution in [0.25, 0.3) is 0 Å². The lowest BCUT2D eigenvalue weighted by Gasteiger charge is -2.19. The first-order chi connectivity index (χ1) is 12.1. The first-order valence-electron chi connectivity index (χ1n) is 8.15. The van der Waals surface area contributed by atoms with Gasteiger partial charge in [-0.25, -0.2) is 4.39 Å². The molecular formula is C19H22FN3O2. The molecule has 2 N–H and O–H groups in total. The lowest BCUT2D eigenvalue weighted by atomic mass is 10.2. The highest BCUT2D eigenvalue weighted by Gasteiger charge is 2.13. The van der Waals surface area contributed by atoms with E-state index in [2.05, 4.69) is 10.6 Å². The van der Waals surface area contributed by atoms with E-state index in [0.29, 0.717) is 13.1 Å². The number of carbonyl (C=O) groups is 2. The van der Waals surface area contributed by atoms with Gasteiger partial charge in [-0.1, -0.05) is 37.3 Å². The number of nitrogens with zero attached hydrogens (tertiary/aromatic N) is 1. The Morgan fingerprint density at radius 1 is 0.960 bits per heavy atom. The highest BCUT2D eigenvalue weighted by Crippen LogP contribution is 2.05. The van der Waals surface area contributed by atoms with E-state index in [9.17, 15) is 14.0 Å². The van der Waals surface area contributed by atoms with Gasteiger partial charge in [0, 0.05) is 12.2 Å². The van der Waals surface area contributed by atoms with Crippen LogP contribution in [0.1, 0.15) is 12.5 Å². The maximum absolute atomic E-state index is 12.8. The SMILES string of the molecule is CCN(CC(=O)NCc1ccc(F)cc1)CC(=O)Nc1ccccc1. The van der Waals surface area contributed by atoms with Gasteiger partial charge in [-0.15, -0.1) is 0 Å². The fraction of sp³-hybridized carbons (Fsp3) is 0.263. The predicted molar refractivity (Wildman–Crippen MR) is 95.4 cm³/mol. The van der Waals surface area contributed by atoms with Gasteiger partial charge < -0.3 is 10.6 Å².